The number of hydrogen-bond acceptors (Lipinski definition) is 5. The molecule has 0 saturated carbocycles. The highest BCUT2D eigenvalue weighted by Crippen LogP contribution is 2.42. The van der Waals surface area contributed by atoms with E-state index in [1.54, 1.807) is 23.1 Å². The predicted octanol–water partition coefficient (Wildman–Crippen LogP) is 7.47. The second-order valence-electron chi connectivity index (χ2n) is 9.80. The van der Waals surface area contributed by atoms with Gasteiger partial charge in [0.2, 0.25) is 5.76 Å². The molecule has 4 aromatic rings. The van der Waals surface area contributed by atoms with E-state index in [1.165, 1.54) is 0 Å². The fourth-order valence-electron chi connectivity index (χ4n) is 5.07. The fraction of sp³-hybridized carbons (Fsp3) is 0.312. The lowest BCUT2D eigenvalue weighted by Crippen LogP contribution is -2.29. The summed E-state index contributed by atoms with van der Waals surface area (Å²) in [4.78, 5) is 29.4. The van der Waals surface area contributed by atoms with Gasteiger partial charge in [-0.2, -0.15) is 0 Å². The average molecular weight is 546 g/mol. The number of halogens is 1. The van der Waals surface area contributed by atoms with E-state index in [2.05, 4.69) is 6.92 Å². The highest BCUT2D eigenvalue weighted by atomic mass is 35.5. The van der Waals surface area contributed by atoms with Crippen molar-refractivity contribution < 1.29 is 18.7 Å². The summed E-state index contributed by atoms with van der Waals surface area (Å²) in [5.41, 5.74) is 2.95. The van der Waals surface area contributed by atoms with E-state index in [4.69, 9.17) is 25.5 Å². The van der Waals surface area contributed by atoms with Crippen molar-refractivity contribution in [1.82, 2.24) is 4.90 Å². The number of carbonyl (C=O) groups is 1. The van der Waals surface area contributed by atoms with Crippen molar-refractivity contribution in [2.45, 2.75) is 52.6 Å². The number of rotatable bonds is 10. The molecule has 5 rings (SSSR count). The molecule has 1 aliphatic heterocycles. The van der Waals surface area contributed by atoms with Crippen LogP contribution in [0.25, 0.3) is 11.0 Å². The summed E-state index contributed by atoms with van der Waals surface area (Å²) in [6, 6.07) is 17.7. The molecule has 202 valence electrons. The van der Waals surface area contributed by atoms with E-state index >= 15 is 0 Å². The summed E-state index contributed by atoms with van der Waals surface area (Å²) < 4.78 is 18.1. The van der Waals surface area contributed by atoms with E-state index < -0.39 is 6.04 Å². The molecule has 1 aliphatic rings. The van der Waals surface area contributed by atoms with Crippen LogP contribution in [0.2, 0.25) is 5.02 Å². The minimum Gasteiger partial charge on any atom is -0.490 e. The van der Waals surface area contributed by atoms with Gasteiger partial charge in [-0.25, -0.2) is 0 Å². The van der Waals surface area contributed by atoms with Crippen molar-refractivity contribution in [3.8, 4) is 11.5 Å². The average Bonchev–Trinajstić information content (AvgIpc) is 3.20. The third kappa shape index (κ3) is 5.26. The monoisotopic (exact) mass is 545 g/mol. The lowest BCUT2D eigenvalue weighted by atomic mass is 9.97. The van der Waals surface area contributed by atoms with Gasteiger partial charge < -0.3 is 18.8 Å². The van der Waals surface area contributed by atoms with Gasteiger partial charge in [-0.15, -0.1) is 0 Å². The Kier molecular flexibility index (Phi) is 7.94. The molecule has 0 radical (unpaired) electrons. The first-order valence-electron chi connectivity index (χ1n) is 13.4. The molecule has 7 heteroatoms. The van der Waals surface area contributed by atoms with Crippen LogP contribution in [0.15, 0.2) is 69.9 Å². The third-order valence-electron chi connectivity index (χ3n) is 7.01. The maximum Gasteiger partial charge on any atom is 0.291 e. The molecule has 3 aromatic carbocycles. The van der Waals surface area contributed by atoms with Crippen molar-refractivity contribution in [1.29, 1.82) is 0 Å². The Morgan fingerprint density at radius 1 is 0.949 bits per heavy atom. The molecule has 39 heavy (non-hydrogen) atoms. The lowest BCUT2D eigenvalue weighted by molar-refractivity contribution is 0.0714. The summed E-state index contributed by atoms with van der Waals surface area (Å²) in [6.07, 6.45) is 3.14. The number of fused-ring (bicyclic) bond motifs is 2. The van der Waals surface area contributed by atoms with Gasteiger partial charge in [-0.3, -0.25) is 9.59 Å². The van der Waals surface area contributed by atoms with Gasteiger partial charge in [0.05, 0.1) is 30.2 Å². The first-order valence-corrected chi connectivity index (χ1v) is 13.8. The van der Waals surface area contributed by atoms with Gasteiger partial charge in [-0.05, 0) is 61.7 Å². The Labute approximate surface area is 233 Å². The van der Waals surface area contributed by atoms with Crippen LogP contribution in [-0.2, 0) is 6.54 Å². The van der Waals surface area contributed by atoms with Crippen LogP contribution in [0.1, 0.15) is 72.0 Å². The van der Waals surface area contributed by atoms with Crippen molar-refractivity contribution in [2.75, 3.05) is 13.2 Å². The molecular weight excluding hydrogens is 514 g/mol. The quantitative estimate of drug-likeness (QED) is 0.193. The van der Waals surface area contributed by atoms with Gasteiger partial charge in [0, 0.05) is 11.6 Å². The van der Waals surface area contributed by atoms with Crippen LogP contribution in [0.3, 0.4) is 0 Å². The highest BCUT2D eigenvalue weighted by molar-refractivity contribution is 6.31. The van der Waals surface area contributed by atoms with Crippen molar-refractivity contribution in [3.05, 3.63) is 104 Å². The van der Waals surface area contributed by atoms with Gasteiger partial charge in [0.1, 0.15) is 5.58 Å². The Bertz CT molecular complexity index is 1580. The SMILES string of the molecule is CCCCCOc1ccc(C2c3c(oc4ccc(C)cc4c3=O)C(=O)N2Cc2ccccc2Cl)cc1OCC. The predicted molar refractivity (Wildman–Crippen MR) is 153 cm³/mol. The molecule has 0 N–H and O–H groups in total. The maximum atomic E-state index is 13.9. The number of carbonyl (C=O) groups excluding carboxylic acids is 1. The molecule has 1 unspecified atom stereocenters. The minimum atomic E-state index is -0.682. The topological polar surface area (TPSA) is 69.0 Å². The van der Waals surface area contributed by atoms with Crippen LogP contribution in [0.4, 0.5) is 0 Å². The van der Waals surface area contributed by atoms with E-state index in [0.717, 1.165) is 36.0 Å². The van der Waals surface area contributed by atoms with Crippen LogP contribution in [-0.4, -0.2) is 24.0 Å². The number of unbranched alkanes of at least 4 members (excludes halogenated alkanes) is 2. The smallest absolute Gasteiger partial charge is 0.291 e. The van der Waals surface area contributed by atoms with Gasteiger partial charge in [0.25, 0.3) is 5.91 Å². The number of benzene rings is 3. The van der Waals surface area contributed by atoms with Crippen LogP contribution in [0, 0.1) is 6.92 Å². The number of amides is 1. The molecule has 0 fully saturated rings. The number of aryl methyl sites for hydroxylation is 1. The summed E-state index contributed by atoms with van der Waals surface area (Å²) in [7, 11) is 0. The molecule has 0 saturated heterocycles. The number of ether oxygens (including phenoxy) is 2. The van der Waals surface area contributed by atoms with Gasteiger partial charge in [0.15, 0.2) is 16.9 Å². The first-order chi connectivity index (χ1) is 18.9. The molecule has 1 amide bonds. The standard InChI is InChI=1S/C32H32ClNO5/c1-4-6-9-16-38-26-15-13-21(18-27(26)37-5-2)29-28-30(35)23-17-20(3)12-14-25(23)39-31(28)32(36)34(29)19-22-10-7-8-11-24(22)33/h7-8,10-15,17-18,29H,4-6,9,16,19H2,1-3H3. The Morgan fingerprint density at radius 2 is 1.77 bits per heavy atom. The van der Waals surface area contributed by atoms with E-state index in [9.17, 15) is 9.59 Å². The van der Waals surface area contributed by atoms with E-state index in [1.807, 2.05) is 56.3 Å². The largest absolute Gasteiger partial charge is 0.490 e. The van der Waals surface area contributed by atoms with Gasteiger partial charge >= 0.3 is 0 Å². The zero-order valence-electron chi connectivity index (χ0n) is 22.5. The number of nitrogens with zero attached hydrogens (tertiary/aromatic N) is 1. The minimum absolute atomic E-state index is 0.0614. The number of hydrogen-bond donors (Lipinski definition) is 0. The Morgan fingerprint density at radius 3 is 2.54 bits per heavy atom. The summed E-state index contributed by atoms with van der Waals surface area (Å²) >= 11 is 6.49. The lowest BCUT2D eigenvalue weighted by Gasteiger charge is -2.26. The molecule has 0 spiro atoms. The Hall–Kier alpha value is -3.77. The van der Waals surface area contributed by atoms with Crippen LogP contribution in [0.5, 0.6) is 11.5 Å². The molecule has 1 atom stereocenters. The van der Waals surface area contributed by atoms with Crippen molar-refractivity contribution >= 4 is 28.5 Å². The van der Waals surface area contributed by atoms with Crippen molar-refractivity contribution in [2.24, 2.45) is 0 Å². The van der Waals surface area contributed by atoms with E-state index in [-0.39, 0.29) is 23.6 Å². The fourth-order valence-corrected chi connectivity index (χ4v) is 5.27. The molecule has 6 nitrogen and oxygen atoms in total. The summed E-state index contributed by atoms with van der Waals surface area (Å²) in [5, 5.41) is 0.998. The molecule has 0 aliphatic carbocycles. The molecule has 0 bridgehead atoms. The summed E-state index contributed by atoms with van der Waals surface area (Å²) in [5.74, 6) is 0.921. The molecule has 2 heterocycles. The second-order valence-corrected chi connectivity index (χ2v) is 10.2. The van der Waals surface area contributed by atoms with Crippen molar-refractivity contribution in [3.63, 3.8) is 0 Å². The second kappa shape index (κ2) is 11.5. The summed E-state index contributed by atoms with van der Waals surface area (Å²) in [6.45, 7) is 7.23. The highest BCUT2D eigenvalue weighted by Gasteiger charge is 2.43. The normalized spacial score (nSPS) is 14.6. The van der Waals surface area contributed by atoms with Crippen LogP contribution < -0.4 is 14.9 Å². The zero-order valence-corrected chi connectivity index (χ0v) is 23.2. The zero-order chi connectivity index (χ0) is 27.5. The maximum absolute atomic E-state index is 13.9. The third-order valence-corrected chi connectivity index (χ3v) is 7.38. The van der Waals surface area contributed by atoms with Gasteiger partial charge in [-0.1, -0.05) is 67.3 Å². The van der Waals surface area contributed by atoms with Crippen LogP contribution >= 0.6 is 11.6 Å². The molecule has 1 aromatic heterocycles. The Balaban J connectivity index is 1.64. The first kappa shape index (κ1) is 26.8. The van der Waals surface area contributed by atoms with E-state index in [0.29, 0.717) is 46.3 Å². The molecular formula is C32H32ClNO5.